The molecule has 1 aliphatic carbocycles. The number of hydrogen-bond acceptors (Lipinski definition) is 2. The molecule has 1 aromatic carbocycles. The SMILES string of the molecule is ClC1=CC2=C(CC1Cl)Oc1cc(Cl)c(Cl)cc1O2. The van der Waals surface area contributed by atoms with Gasteiger partial charge < -0.3 is 9.47 Å². The molecular weight excluding hydrogens is 318 g/mol. The fraction of sp³-hybridized carbons (Fsp3) is 0.167. The molecule has 1 unspecified atom stereocenters. The molecule has 2 nitrogen and oxygen atoms in total. The summed E-state index contributed by atoms with van der Waals surface area (Å²) in [6.45, 7) is 0. The van der Waals surface area contributed by atoms with Crippen molar-refractivity contribution >= 4 is 46.4 Å². The third-order valence-corrected chi connectivity index (χ3v) is 4.24. The zero-order valence-corrected chi connectivity index (χ0v) is 11.9. The van der Waals surface area contributed by atoms with E-state index in [9.17, 15) is 0 Å². The minimum atomic E-state index is -0.293. The lowest BCUT2D eigenvalue weighted by molar-refractivity contribution is 0.290. The van der Waals surface area contributed by atoms with E-state index in [0.29, 0.717) is 44.5 Å². The standard InChI is InChI=1S/C12H6Cl4O2/c13-5-1-9-10(2-6(5)14)18-12-4-8(16)7(15)3-11(12)17-9/h1-3,8H,4H2. The summed E-state index contributed by atoms with van der Waals surface area (Å²) in [7, 11) is 0. The molecule has 1 aromatic rings. The van der Waals surface area contributed by atoms with Crippen LogP contribution < -0.4 is 9.47 Å². The zero-order valence-electron chi connectivity index (χ0n) is 8.84. The van der Waals surface area contributed by atoms with Gasteiger partial charge in [-0.25, -0.2) is 0 Å². The van der Waals surface area contributed by atoms with Crippen LogP contribution in [0.15, 0.2) is 34.8 Å². The second-order valence-electron chi connectivity index (χ2n) is 3.91. The van der Waals surface area contributed by atoms with Gasteiger partial charge in [0.25, 0.3) is 0 Å². The maximum atomic E-state index is 6.05. The van der Waals surface area contributed by atoms with Crippen LogP contribution in [0.5, 0.6) is 11.5 Å². The van der Waals surface area contributed by atoms with Gasteiger partial charge in [0.15, 0.2) is 17.3 Å². The summed E-state index contributed by atoms with van der Waals surface area (Å²) in [5.74, 6) is 2.24. The van der Waals surface area contributed by atoms with Gasteiger partial charge in [-0.05, 0) is 0 Å². The van der Waals surface area contributed by atoms with Crippen molar-refractivity contribution in [3.05, 3.63) is 44.8 Å². The lowest BCUT2D eigenvalue weighted by Gasteiger charge is -2.27. The minimum Gasteiger partial charge on any atom is -0.454 e. The van der Waals surface area contributed by atoms with E-state index in [0.717, 1.165) is 0 Å². The van der Waals surface area contributed by atoms with E-state index >= 15 is 0 Å². The van der Waals surface area contributed by atoms with E-state index < -0.39 is 0 Å². The van der Waals surface area contributed by atoms with Gasteiger partial charge >= 0.3 is 0 Å². The molecule has 6 heteroatoms. The Morgan fingerprint density at radius 1 is 1.00 bits per heavy atom. The van der Waals surface area contributed by atoms with Crippen LogP contribution >= 0.6 is 46.4 Å². The maximum Gasteiger partial charge on any atom is 0.171 e. The first-order valence-corrected chi connectivity index (χ1v) is 6.70. The average molecular weight is 324 g/mol. The highest BCUT2D eigenvalue weighted by atomic mass is 35.5. The largest absolute Gasteiger partial charge is 0.454 e. The second kappa shape index (κ2) is 4.53. The third kappa shape index (κ3) is 2.08. The summed E-state index contributed by atoms with van der Waals surface area (Å²) in [5.41, 5.74) is 0. The molecule has 18 heavy (non-hydrogen) atoms. The van der Waals surface area contributed by atoms with E-state index in [1.54, 1.807) is 18.2 Å². The molecule has 0 N–H and O–H groups in total. The molecule has 0 aromatic heterocycles. The van der Waals surface area contributed by atoms with E-state index in [4.69, 9.17) is 55.9 Å². The topological polar surface area (TPSA) is 18.5 Å². The molecule has 1 atom stereocenters. The first-order chi connectivity index (χ1) is 8.54. The van der Waals surface area contributed by atoms with Crippen molar-refractivity contribution < 1.29 is 9.47 Å². The monoisotopic (exact) mass is 322 g/mol. The quantitative estimate of drug-likeness (QED) is 0.618. The summed E-state index contributed by atoms with van der Waals surface area (Å²) < 4.78 is 11.4. The van der Waals surface area contributed by atoms with Crippen LogP contribution in [0.4, 0.5) is 0 Å². The van der Waals surface area contributed by atoms with Crippen LogP contribution in [0.25, 0.3) is 0 Å². The molecule has 0 saturated heterocycles. The van der Waals surface area contributed by atoms with E-state index in [1.165, 1.54) is 0 Å². The van der Waals surface area contributed by atoms with Crippen LogP contribution in [0.3, 0.4) is 0 Å². The molecule has 1 heterocycles. The highest BCUT2D eigenvalue weighted by Crippen LogP contribution is 2.44. The van der Waals surface area contributed by atoms with Crippen molar-refractivity contribution in [2.75, 3.05) is 0 Å². The number of allylic oxidation sites excluding steroid dienone is 3. The van der Waals surface area contributed by atoms with Gasteiger partial charge in [0.2, 0.25) is 0 Å². The molecule has 0 spiro atoms. The highest BCUT2D eigenvalue weighted by molar-refractivity contribution is 6.42. The number of alkyl halides is 1. The molecule has 0 bridgehead atoms. The van der Waals surface area contributed by atoms with Crippen LogP contribution in [-0.2, 0) is 0 Å². The highest BCUT2D eigenvalue weighted by Gasteiger charge is 2.28. The number of ether oxygens (including phenoxy) is 2. The summed E-state index contributed by atoms with van der Waals surface area (Å²) in [6.07, 6.45) is 2.13. The Labute approximate surface area is 124 Å². The average Bonchev–Trinajstić information content (AvgIpc) is 2.31. The van der Waals surface area contributed by atoms with Gasteiger partial charge in [-0.15, -0.1) is 11.6 Å². The summed E-state index contributed by atoms with van der Waals surface area (Å²) >= 11 is 23.9. The Bertz CT molecular complexity index is 592. The Kier molecular flexibility index (Phi) is 3.15. The van der Waals surface area contributed by atoms with Crippen LogP contribution in [0, 0.1) is 0 Å². The Balaban J connectivity index is 2.02. The first-order valence-electron chi connectivity index (χ1n) is 5.13. The molecule has 0 amide bonds. The van der Waals surface area contributed by atoms with Crippen molar-refractivity contribution in [2.24, 2.45) is 0 Å². The molecule has 0 radical (unpaired) electrons. The predicted octanol–water partition coefficient (Wildman–Crippen LogP) is 5.11. The predicted molar refractivity (Wildman–Crippen MR) is 72.9 cm³/mol. The molecular formula is C12H6Cl4O2. The van der Waals surface area contributed by atoms with Gasteiger partial charge in [-0.2, -0.15) is 0 Å². The van der Waals surface area contributed by atoms with Gasteiger partial charge in [0.1, 0.15) is 5.76 Å². The Morgan fingerprint density at radius 3 is 2.28 bits per heavy atom. The van der Waals surface area contributed by atoms with Gasteiger partial charge in [-0.3, -0.25) is 0 Å². The normalized spacial score (nSPS) is 21.6. The molecule has 0 fully saturated rings. The van der Waals surface area contributed by atoms with E-state index in [1.807, 2.05) is 0 Å². The second-order valence-corrected chi connectivity index (χ2v) is 5.68. The van der Waals surface area contributed by atoms with Gasteiger partial charge in [0.05, 0.1) is 15.4 Å². The van der Waals surface area contributed by atoms with Crippen molar-refractivity contribution in [2.45, 2.75) is 11.8 Å². The fourth-order valence-corrected chi connectivity index (χ4v) is 2.44. The van der Waals surface area contributed by atoms with Crippen LogP contribution in [0.2, 0.25) is 10.0 Å². The summed E-state index contributed by atoms with van der Waals surface area (Å²) in [5, 5.41) is 1.06. The van der Waals surface area contributed by atoms with Gasteiger partial charge in [-0.1, -0.05) is 34.8 Å². The molecule has 2 aliphatic rings. The fourth-order valence-electron chi connectivity index (χ4n) is 1.76. The molecule has 3 rings (SSSR count). The van der Waals surface area contributed by atoms with Crippen molar-refractivity contribution in [1.29, 1.82) is 0 Å². The molecule has 0 saturated carbocycles. The number of benzene rings is 1. The minimum absolute atomic E-state index is 0.293. The Morgan fingerprint density at radius 2 is 1.61 bits per heavy atom. The maximum absolute atomic E-state index is 6.05. The van der Waals surface area contributed by atoms with Crippen LogP contribution in [0.1, 0.15) is 6.42 Å². The lowest BCUT2D eigenvalue weighted by Crippen LogP contribution is -2.18. The molecule has 94 valence electrons. The lowest BCUT2D eigenvalue weighted by atomic mass is 10.1. The van der Waals surface area contributed by atoms with Crippen molar-refractivity contribution in [3.63, 3.8) is 0 Å². The molecule has 1 aliphatic heterocycles. The number of rotatable bonds is 0. The summed E-state index contributed by atoms with van der Waals surface area (Å²) in [4.78, 5) is 0. The number of fused-ring (bicyclic) bond motifs is 1. The van der Waals surface area contributed by atoms with Gasteiger partial charge in [0, 0.05) is 29.7 Å². The number of halogens is 4. The number of hydrogen-bond donors (Lipinski definition) is 0. The van der Waals surface area contributed by atoms with Crippen LogP contribution in [-0.4, -0.2) is 5.38 Å². The smallest absolute Gasteiger partial charge is 0.171 e. The van der Waals surface area contributed by atoms with Crippen molar-refractivity contribution in [3.8, 4) is 11.5 Å². The van der Waals surface area contributed by atoms with E-state index in [-0.39, 0.29) is 5.38 Å². The first kappa shape index (κ1) is 12.5. The third-order valence-electron chi connectivity index (χ3n) is 2.65. The Hall–Kier alpha value is -0.540. The van der Waals surface area contributed by atoms with Crippen molar-refractivity contribution in [1.82, 2.24) is 0 Å². The van der Waals surface area contributed by atoms with E-state index in [2.05, 4.69) is 0 Å². The zero-order chi connectivity index (χ0) is 12.9. The summed E-state index contributed by atoms with van der Waals surface area (Å²) in [6, 6.07) is 3.23.